The number of nitrogens with one attached hydrogen (secondary N) is 1. The zero-order chi connectivity index (χ0) is 32.6. The molecule has 15 heteroatoms. The first kappa shape index (κ1) is 31.8. The summed E-state index contributed by atoms with van der Waals surface area (Å²) < 4.78 is 27.3. The Kier molecular flexibility index (Phi) is 9.00. The number of carbonyl (C=O) groups excluding carboxylic acids is 1. The fourth-order valence-electron chi connectivity index (χ4n) is 5.38. The molecule has 13 nitrogen and oxygen atoms in total. The van der Waals surface area contributed by atoms with Gasteiger partial charge in [0.15, 0.2) is 0 Å². The Labute approximate surface area is 261 Å². The van der Waals surface area contributed by atoms with Crippen molar-refractivity contribution in [3.05, 3.63) is 79.2 Å². The summed E-state index contributed by atoms with van der Waals surface area (Å²) in [7, 11) is 1.35. The fraction of sp³-hybridized carbons (Fsp3) is 0.333. The van der Waals surface area contributed by atoms with E-state index in [-0.39, 0.29) is 64.4 Å². The van der Waals surface area contributed by atoms with Crippen molar-refractivity contribution in [2.24, 2.45) is 0 Å². The largest absolute Gasteiger partial charge is 0.496 e. The van der Waals surface area contributed by atoms with Gasteiger partial charge in [-0.05, 0) is 42.7 Å². The van der Waals surface area contributed by atoms with E-state index in [0.717, 1.165) is 4.57 Å². The average molecular weight is 641 g/mol. The number of carbonyl (C=O) groups is 1. The molecule has 1 aliphatic rings. The number of pyridine rings is 3. The molecule has 0 aliphatic carbocycles. The number of aliphatic hydroxyl groups is 1. The molecule has 0 radical (unpaired) electrons. The average Bonchev–Trinajstić information content (AvgIpc) is 3.01. The molecule has 1 aromatic carbocycles. The normalized spacial score (nSPS) is 15.0. The number of nitrogens with zero attached hydrogens (tertiary/aromatic N) is 5. The number of hydrogen-bond donors (Lipinski definition) is 2. The van der Waals surface area contributed by atoms with E-state index in [4.69, 9.17) is 21.1 Å². The highest BCUT2D eigenvalue weighted by atomic mass is 35.5. The molecule has 1 atom stereocenters. The van der Waals surface area contributed by atoms with Crippen molar-refractivity contribution in [2.45, 2.75) is 32.7 Å². The molecule has 0 bridgehead atoms. The van der Waals surface area contributed by atoms with Gasteiger partial charge in [-0.15, -0.1) is 0 Å². The minimum absolute atomic E-state index is 0.0268. The molecule has 4 heterocycles. The van der Waals surface area contributed by atoms with Crippen LogP contribution in [0.15, 0.2) is 41.3 Å². The van der Waals surface area contributed by atoms with Crippen molar-refractivity contribution in [1.29, 1.82) is 0 Å². The third-order valence-electron chi connectivity index (χ3n) is 7.53. The number of aliphatic hydroxyl groups excluding tert-OH is 1. The smallest absolute Gasteiger partial charge is 0.415 e. The summed E-state index contributed by atoms with van der Waals surface area (Å²) >= 11 is 6.63. The number of halogens is 2. The van der Waals surface area contributed by atoms with Gasteiger partial charge in [-0.3, -0.25) is 24.5 Å². The van der Waals surface area contributed by atoms with Crippen LogP contribution in [0.4, 0.5) is 14.9 Å². The molecule has 2 N–H and O–H groups in total. The molecule has 1 saturated heterocycles. The lowest BCUT2D eigenvalue weighted by Crippen LogP contribution is -2.54. The van der Waals surface area contributed by atoms with Crippen LogP contribution in [0.5, 0.6) is 11.5 Å². The number of aromatic nitrogens is 3. The molecule has 1 amide bonds. The summed E-state index contributed by atoms with van der Waals surface area (Å²) in [5.41, 5.74) is -1.28. The summed E-state index contributed by atoms with van der Waals surface area (Å²) in [6.45, 7) is 5.72. The third-order valence-corrected chi connectivity index (χ3v) is 7.82. The molecule has 1 unspecified atom stereocenters. The number of nitro groups is 1. The van der Waals surface area contributed by atoms with Crippen molar-refractivity contribution >= 4 is 34.4 Å². The number of amides is 1. The maximum atomic E-state index is 15.3. The Balaban J connectivity index is 1.89. The summed E-state index contributed by atoms with van der Waals surface area (Å²) in [5, 5.41) is 24.8. The molecule has 4 aromatic rings. The minimum Gasteiger partial charge on any atom is -0.496 e. The molecule has 236 valence electrons. The van der Waals surface area contributed by atoms with E-state index in [1.54, 1.807) is 19.2 Å². The molecule has 5 rings (SSSR count). The van der Waals surface area contributed by atoms with Crippen molar-refractivity contribution in [3.63, 3.8) is 0 Å². The second-order valence-electron chi connectivity index (χ2n) is 10.8. The maximum absolute atomic E-state index is 15.3. The first-order valence-electron chi connectivity index (χ1n) is 14.0. The molecule has 0 spiro atoms. The monoisotopic (exact) mass is 640 g/mol. The first-order chi connectivity index (χ1) is 21.5. The van der Waals surface area contributed by atoms with Crippen LogP contribution in [0.3, 0.4) is 0 Å². The van der Waals surface area contributed by atoms with Crippen LogP contribution in [0.2, 0.25) is 5.15 Å². The van der Waals surface area contributed by atoms with Gasteiger partial charge >= 0.3 is 17.3 Å². The second-order valence-corrected chi connectivity index (χ2v) is 11.1. The van der Waals surface area contributed by atoms with Crippen molar-refractivity contribution < 1.29 is 28.7 Å². The van der Waals surface area contributed by atoms with Gasteiger partial charge in [0.25, 0.3) is 0 Å². The highest BCUT2D eigenvalue weighted by Gasteiger charge is 2.35. The van der Waals surface area contributed by atoms with Gasteiger partial charge in [-0.2, -0.15) is 0 Å². The van der Waals surface area contributed by atoms with Crippen LogP contribution >= 0.6 is 11.6 Å². The molecule has 1 fully saturated rings. The van der Waals surface area contributed by atoms with Gasteiger partial charge in [-0.1, -0.05) is 31.5 Å². The molecular formula is C30H30ClFN6O7. The van der Waals surface area contributed by atoms with Crippen LogP contribution in [-0.2, 0) is 0 Å². The Morgan fingerprint density at radius 3 is 2.76 bits per heavy atom. The Morgan fingerprint density at radius 2 is 2.09 bits per heavy atom. The lowest BCUT2D eigenvalue weighted by Gasteiger charge is -2.31. The summed E-state index contributed by atoms with van der Waals surface area (Å²) in [4.78, 5) is 49.2. The Bertz CT molecular complexity index is 1880. The number of aryl methyl sites for hydroxylation is 1. The summed E-state index contributed by atoms with van der Waals surface area (Å²) in [6.07, 6.45) is 0.568. The molecular weight excluding hydrogens is 611 g/mol. The molecule has 45 heavy (non-hydrogen) atoms. The van der Waals surface area contributed by atoms with Crippen LogP contribution in [0, 0.1) is 22.9 Å². The SMILES string of the molecule is COc1cccc(F)c1-c1cc2c(nc1Cl)c(OC(=O)N1CCNC(CO)C1)c([N+](=O)[O-])c(=O)n2-c1c(C)ccnc1C(C)C. The molecule has 3 aromatic heterocycles. The number of methoxy groups -OCH3 is 1. The van der Waals surface area contributed by atoms with Gasteiger partial charge in [-0.25, -0.2) is 14.2 Å². The zero-order valence-electron chi connectivity index (χ0n) is 24.8. The summed E-state index contributed by atoms with van der Waals surface area (Å²) in [5.74, 6) is -1.52. The molecule has 1 aliphatic heterocycles. The zero-order valence-corrected chi connectivity index (χ0v) is 25.6. The van der Waals surface area contributed by atoms with E-state index in [1.807, 2.05) is 13.8 Å². The van der Waals surface area contributed by atoms with Gasteiger partial charge < -0.3 is 24.8 Å². The first-order valence-corrected chi connectivity index (χ1v) is 14.4. The summed E-state index contributed by atoms with van der Waals surface area (Å²) in [6, 6.07) is 6.72. The highest BCUT2D eigenvalue weighted by Crippen LogP contribution is 2.42. The maximum Gasteiger partial charge on any atom is 0.415 e. The fourth-order valence-corrected chi connectivity index (χ4v) is 5.62. The van der Waals surface area contributed by atoms with Crippen molar-refractivity contribution in [3.8, 4) is 28.3 Å². The number of benzene rings is 1. The van der Waals surface area contributed by atoms with E-state index >= 15 is 4.39 Å². The van der Waals surface area contributed by atoms with Crippen LogP contribution in [0.1, 0.15) is 31.0 Å². The van der Waals surface area contributed by atoms with Gasteiger partial charge in [0.2, 0.25) is 5.75 Å². The van der Waals surface area contributed by atoms with Crippen molar-refractivity contribution in [2.75, 3.05) is 33.4 Å². The lowest BCUT2D eigenvalue weighted by molar-refractivity contribution is -0.387. The van der Waals surface area contributed by atoms with E-state index < -0.39 is 39.9 Å². The van der Waals surface area contributed by atoms with Crippen LogP contribution < -0.4 is 20.3 Å². The lowest BCUT2D eigenvalue weighted by atomic mass is 10.0. The predicted molar refractivity (Wildman–Crippen MR) is 164 cm³/mol. The van der Waals surface area contributed by atoms with Crippen molar-refractivity contribution in [1.82, 2.24) is 24.8 Å². The quantitative estimate of drug-likeness (QED) is 0.169. The topological polar surface area (TPSA) is 162 Å². The van der Waals surface area contributed by atoms with E-state index in [2.05, 4.69) is 15.3 Å². The van der Waals surface area contributed by atoms with E-state index in [1.165, 1.54) is 36.3 Å². The van der Waals surface area contributed by atoms with Gasteiger partial charge in [0, 0.05) is 37.4 Å². The number of rotatable bonds is 7. The van der Waals surface area contributed by atoms with E-state index in [0.29, 0.717) is 17.8 Å². The number of hydrogen-bond acceptors (Lipinski definition) is 10. The second kappa shape index (κ2) is 12.8. The molecule has 0 saturated carbocycles. The van der Waals surface area contributed by atoms with Gasteiger partial charge in [0.05, 0.1) is 41.1 Å². The minimum atomic E-state index is -1.13. The Morgan fingerprint density at radius 1 is 1.33 bits per heavy atom. The van der Waals surface area contributed by atoms with Crippen LogP contribution in [-0.4, -0.2) is 75.0 Å². The number of fused-ring (bicyclic) bond motifs is 1. The number of ether oxygens (including phenoxy) is 2. The predicted octanol–water partition coefficient (Wildman–Crippen LogP) is 4.35. The number of piperazine rings is 1. The van der Waals surface area contributed by atoms with Gasteiger partial charge in [0.1, 0.15) is 22.2 Å². The Hall–Kier alpha value is -4.66. The van der Waals surface area contributed by atoms with E-state index in [9.17, 15) is 24.8 Å². The standard InChI is InChI=1S/C30H30ClFN6O7/c1-15(2)23-25(16(3)8-9-34-23)37-20-12-18(22-19(32)6-5-7-21(22)44-4)28(31)35-24(20)27(26(29(37)40)38(42)43)45-30(41)36-11-10-33-17(13-36)14-39/h5-9,12,15,17,33,39H,10-11,13-14H2,1-4H3. The highest BCUT2D eigenvalue weighted by molar-refractivity contribution is 6.32. The van der Waals surface area contributed by atoms with Crippen LogP contribution in [0.25, 0.3) is 27.8 Å². The third kappa shape index (κ3) is 5.79.